The zero-order valence-corrected chi connectivity index (χ0v) is 11.6. The van der Waals surface area contributed by atoms with Crippen LogP contribution in [-0.2, 0) is 6.54 Å². The second kappa shape index (κ2) is 5.47. The summed E-state index contributed by atoms with van der Waals surface area (Å²) >= 11 is 9.49. The van der Waals surface area contributed by atoms with Gasteiger partial charge in [-0.05, 0) is 31.2 Å². The van der Waals surface area contributed by atoms with Crippen LogP contribution >= 0.6 is 27.5 Å². The minimum Gasteiger partial charge on any atom is -0.378 e. The Kier molecular flexibility index (Phi) is 3.97. The normalized spacial score (nSPS) is 10.3. The van der Waals surface area contributed by atoms with Crippen molar-refractivity contribution in [2.24, 2.45) is 0 Å². The number of hydrogen-bond donors (Lipinski definition) is 1. The second-order valence-corrected chi connectivity index (χ2v) is 4.90. The Labute approximate surface area is 113 Å². The molecule has 0 amide bonds. The van der Waals surface area contributed by atoms with Gasteiger partial charge in [0.1, 0.15) is 5.82 Å². The summed E-state index contributed by atoms with van der Waals surface area (Å²) in [6.45, 7) is 2.50. The molecule has 0 fully saturated rings. The van der Waals surface area contributed by atoms with E-state index < -0.39 is 0 Å². The van der Waals surface area contributed by atoms with E-state index in [1.165, 1.54) is 0 Å². The van der Waals surface area contributed by atoms with Crippen molar-refractivity contribution >= 4 is 33.2 Å². The predicted octanol–water partition coefficient (Wildman–Crippen LogP) is 3.81. The fraction of sp³-hybridized carbons (Fsp3) is 0.167. The van der Waals surface area contributed by atoms with E-state index in [1.807, 2.05) is 31.2 Å². The summed E-state index contributed by atoms with van der Waals surface area (Å²) in [4.78, 5) is 8.37. The Balaban J connectivity index is 2.09. The van der Waals surface area contributed by atoms with E-state index in [4.69, 9.17) is 11.6 Å². The van der Waals surface area contributed by atoms with E-state index in [1.54, 1.807) is 6.20 Å². The average Bonchev–Trinajstić information content (AvgIpc) is 2.30. The quantitative estimate of drug-likeness (QED) is 0.936. The SMILES string of the molecule is Cc1nccc(CNc2cc(Br)ccc2Cl)n1. The monoisotopic (exact) mass is 311 g/mol. The lowest BCUT2D eigenvalue weighted by Gasteiger charge is -2.08. The number of halogens is 2. The first-order valence-corrected chi connectivity index (χ1v) is 6.30. The highest BCUT2D eigenvalue weighted by molar-refractivity contribution is 9.10. The van der Waals surface area contributed by atoms with E-state index in [-0.39, 0.29) is 0 Å². The van der Waals surface area contributed by atoms with E-state index in [0.717, 1.165) is 21.7 Å². The number of aryl methyl sites for hydroxylation is 1. The first-order valence-electron chi connectivity index (χ1n) is 5.12. The van der Waals surface area contributed by atoms with Crippen LogP contribution < -0.4 is 5.32 Å². The Morgan fingerprint density at radius 3 is 2.94 bits per heavy atom. The third-order valence-corrected chi connectivity index (χ3v) is 3.04. The van der Waals surface area contributed by atoms with Gasteiger partial charge in [-0.2, -0.15) is 0 Å². The van der Waals surface area contributed by atoms with E-state index in [9.17, 15) is 0 Å². The van der Waals surface area contributed by atoms with Crippen molar-refractivity contribution in [2.45, 2.75) is 13.5 Å². The topological polar surface area (TPSA) is 37.8 Å². The Bertz CT molecular complexity index is 531. The zero-order valence-electron chi connectivity index (χ0n) is 9.24. The summed E-state index contributed by atoms with van der Waals surface area (Å²) in [6, 6.07) is 7.57. The van der Waals surface area contributed by atoms with Gasteiger partial charge in [-0.3, -0.25) is 0 Å². The van der Waals surface area contributed by atoms with Crippen LogP contribution in [0.25, 0.3) is 0 Å². The molecule has 17 heavy (non-hydrogen) atoms. The number of benzene rings is 1. The molecule has 0 saturated heterocycles. The van der Waals surface area contributed by atoms with Crippen LogP contribution in [0.5, 0.6) is 0 Å². The minimum absolute atomic E-state index is 0.625. The molecular formula is C12H11BrClN3. The molecule has 0 saturated carbocycles. The highest BCUT2D eigenvalue weighted by Crippen LogP contribution is 2.25. The van der Waals surface area contributed by atoms with Gasteiger partial charge in [-0.1, -0.05) is 27.5 Å². The molecule has 0 aliphatic rings. The van der Waals surface area contributed by atoms with Crippen LogP contribution in [0.3, 0.4) is 0 Å². The highest BCUT2D eigenvalue weighted by atomic mass is 79.9. The molecule has 3 nitrogen and oxygen atoms in total. The standard InChI is InChI=1S/C12H11BrClN3/c1-8-15-5-4-10(17-8)7-16-12-6-9(13)2-3-11(12)14/h2-6,16H,7H2,1H3. The molecule has 88 valence electrons. The molecule has 0 spiro atoms. The largest absolute Gasteiger partial charge is 0.378 e. The molecular weight excluding hydrogens is 302 g/mol. The third-order valence-electron chi connectivity index (χ3n) is 2.22. The number of anilines is 1. The van der Waals surface area contributed by atoms with Crippen molar-refractivity contribution in [2.75, 3.05) is 5.32 Å². The Morgan fingerprint density at radius 1 is 1.35 bits per heavy atom. The maximum absolute atomic E-state index is 6.08. The molecule has 1 heterocycles. The zero-order chi connectivity index (χ0) is 12.3. The number of nitrogens with zero attached hydrogens (tertiary/aromatic N) is 2. The first kappa shape index (κ1) is 12.3. The molecule has 0 radical (unpaired) electrons. The summed E-state index contributed by atoms with van der Waals surface area (Å²) in [5.74, 6) is 0.768. The maximum atomic E-state index is 6.08. The van der Waals surface area contributed by atoms with Crippen LogP contribution in [0.1, 0.15) is 11.5 Å². The molecule has 0 aliphatic heterocycles. The number of hydrogen-bond acceptors (Lipinski definition) is 3. The number of nitrogens with one attached hydrogen (secondary N) is 1. The van der Waals surface area contributed by atoms with Crippen LogP contribution in [-0.4, -0.2) is 9.97 Å². The lowest BCUT2D eigenvalue weighted by atomic mass is 10.3. The highest BCUT2D eigenvalue weighted by Gasteiger charge is 2.01. The first-order chi connectivity index (χ1) is 8.15. The summed E-state index contributed by atoms with van der Waals surface area (Å²) in [5, 5.41) is 3.94. The van der Waals surface area contributed by atoms with Gasteiger partial charge < -0.3 is 5.32 Å². The fourth-order valence-electron chi connectivity index (χ4n) is 1.42. The maximum Gasteiger partial charge on any atom is 0.125 e. The molecule has 0 bridgehead atoms. The third kappa shape index (κ3) is 3.41. The van der Waals surface area contributed by atoms with Gasteiger partial charge in [-0.25, -0.2) is 9.97 Å². The van der Waals surface area contributed by atoms with Gasteiger partial charge in [0.05, 0.1) is 22.9 Å². The Hall–Kier alpha value is -1.13. The van der Waals surface area contributed by atoms with Crippen molar-refractivity contribution < 1.29 is 0 Å². The van der Waals surface area contributed by atoms with Crippen molar-refractivity contribution in [3.05, 3.63) is 51.5 Å². The molecule has 2 aromatic rings. The van der Waals surface area contributed by atoms with Crippen molar-refractivity contribution in [3.63, 3.8) is 0 Å². The molecule has 5 heteroatoms. The predicted molar refractivity (Wildman–Crippen MR) is 73.2 cm³/mol. The molecule has 1 aromatic heterocycles. The van der Waals surface area contributed by atoms with Crippen LogP contribution in [0.15, 0.2) is 34.9 Å². The molecule has 0 atom stereocenters. The van der Waals surface area contributed by atoms with Gasteiger partial charge in [0, 0.05) is 10.7 Å². The molecule has 2 rings (SSSR count). The van der Waals surface area contributed by atoms with Crippen LogP contribution in [0, 0.1) is 6.92 Å². The summed E-state index contributed by atoms with van der Waals surface area (Å²) < 4.78 is 0.989. The van der Waals surface area contributed by atoms with Gasteiger partial charge >= 0.3 is 0 Å². The lowest BCUT2D eigenvalue weighted by Crippen LogP contribution is -2.03. The number of rotatable bonds is 3. The molecule has 0 aliphatic carbocycles. The van der Waals surface area contributed by atoms with Crippen molar-refractivity contribution in [1.29, 1.82) is 0 Å². The summed E-state index contributed by atoms with van der Waals surface area (Å²) in [6.07, 6.45) is 1.75. The second-order valence-electron chi connectivity index (χ2n) is 3.57. The molecule has 1 aromatic carbocycles. The van der Waals surface area contributed by atoms with Gasteiger partial charge in [0.15, 0.2) is 0 Å². The van der Waals surface area contributed by atoms with E-state index in [2.05, 4.69) is 31.2 Å². The Morgan fingerprint density at radius 2 is 2.18 bits per heavy atom. The molecule has 0 unspecified atom stereocenters. The fourth-order valence-corrected chi connectivity index (χ4v) is 1.97. The van der Waals surface area contributed by atoms with Gasteiger partial charge in [0.2, 0.25) is 0 Å². The molecule has 1 N–H and O–H groups in total. The van der Waals surface area contributed by atoms with E-state index in [0.29, 0.717) is 11.6 Å². The smallest absolute Gasteiger partial charge is 0.125 e. The van der Waals surface area contributed by atoms with Crippen molar-refractivity contribution in [1.82, 2.24) is 9.97 Å². The van der Waals surface area contributed by atoms with Gasteiger partial charge in [-0.15, -0.1) is 0 Å². The van der Waals surface area contributed by atoms with Crippen LogP contribution in [0.4, 0.5) is 5.69 Å². The number of aromatic nitrogens is 2. The lowest BCUT2D eigenvalue weighted by molar-refractivity contribution is 0.955. The van der Waals surface area contributed by atoms with Crippen molar-refractivity contribution in [3.8, 4) is 0 Å². The van der Waals surface area contributed by atoms with Gasteiger partial charge in [0.25, 0.3) is 0 Å². The minimum atomic E-state index is 0.625. The summed E-state index contributed by atoms with van der Waals surface area (Å²) in [5.41, 5.74) is 1.82. The average molecular weight is 313 g/mol. The van der Waals surface area contributed by atoms with Crippen LogP contribution in [0.2, 0.25) is 5.02 Å². The summed E-state index contributed by atoms with van der Waals surface area (Å²) in [7, 11) is 0. The van der Waals surface area contributed by atoms with E-state index >= 15 is 0 Å².